The van der Waals surface area contributed by atoms with Crippen molar-refractivity contribution in [3.05, 3.63) is 72.4 Å². The van der Waals surface area contributed by atoms with Gasteiger partial charge in [0, 0.05) is 5.56 Å². The molecule has 3 rings (SSSR count). The lowest BCUT2D eigenvalue weighted by molar-refractivity contribution is 0.399. The van der Waals surface area contributed by atoms with Gasteiger partial charge in [-0.15, -0.1) is 0 Å². The molecule has 0 aliphatic carbocycles. The molecular formula is C19H16NO. The quantitative estimate of drug-likeness (QED) is 0.700. The van der Waals surface area contributed by atoms with Crippen LogP contribution in [0.5, 0.6) is 5.88 Å². The maximum absolute atomic E-state index is 5.47. The Morgan fingerprint density at radius 3 is 1.86 bits per heavy atom. The van der Waals surface area contributed by atoms with Crippen LogP contribution in [0.1, 0.15) is 5.56 Å². The highest BCUT2D eigenvalue weighted by Gasteiger charge is 2.16. The molecule has 1 radical (unpaired) electrons. The van der Waals surface area contributed by atoms with Gasteiger partial charge in [0.2, 0.25) is 5.88 Å². The van der Waals surface area contributed by atoms with Crippen molar-refractivity contribution >= 4 is 0 Å². The third-order valence-electron chi connectivity index (χ3n) is 3.48. The SMILES string of the molecule is COc1n[c]c(C)c(-c2ccccc2)c1-c1ccccc1. The summed E-state index contributed by atoms with van der Waals surface area (Å²) in [5.74, 6) is 0.602. The Kier molecular flexibility index (Phi) is 3.69. The van der Waals surface area contributed by atoms with E-state index in [4.69, 9.17) is 4.74 Å². The van der Waals surface area contributed by atoms with Crippen LogP contribution in [0.15, 0.2) is 60.7 Å². The second kappa shape index (κ2) is 5.80. The van der Waals surface area contributed by atoms with Gasteiger partial charge in [0.1, 0.15) is 0 Å². The number of rotatable bonds is 3. The van der Waals surface area contributed by atoms with Gasteiger partial charge in [-0.2, -0.15) is 0 Å². The number of aromatic nitrogens is 1. The van der Waals surface area contributed by atoms with E-state index in [0.29, 0.717) is 5.88 Å². The van der Waals surface area contributed by atoms with Crippen LogP contribution in [0.4, 0.5) is 0 Å². The van der Waals surface area contributed by atoms with Crippen molar-refractivity contribution < 1.29 is 4.74 Å². The fourth-order valence-electron chi connectivity index (χ4n) is 2.53. The van der Waals surface area contributed by atoms with Crippen molar-refractivity contribution in [2.24, 2.45) is 0 Å². The van der Waals surface area contributed by atoms with E-state index in [9.17, 15) is 0 Å². The van der Waals surface area contributed by atoms with Gasteiger partial charge in [-0.05, 0) is 23.6 Å². The highest BCUT2D eigenvalue weighted by atomic mass is 16.5. The second-order valence-electron chi connectivity index (χ2n) is 4.84. The maximum atomic E-state index is 5.47. The Hall–Kier alpha value is -2.61. The number of aryl methyl sites for hydroxylation is 1. The van der Waals surface area contributed by atoms with Gasteiger partial charge in [-0.1, -0.05) is 60.7 Å². The number of hydrogen-bond acceptors (Lipinski definition) is 2. The number of ether oxygens (including phenoxy) is 1. The number of hydrogen-bond donors (Lipinski definition) is 0. The Balaban J connectivity index is 2.33. The molecule has 0 bridgehead atoms. The Bertz CT molecular complexity index is 736. The molecule has 3 aromatic rings. The molecule has 2 heteroatoms. The zero-order chi connectivity index (χ0) is 14.7. The molecular weight excluding hydrogens is 258 g/mol. The standard InChI is InChI=1S/C19H16NO/c1-14-13-20-19(21-2)18(16-11-7-4-8-12-16)17(14)15-9-5-3-6-10-15/h3-12H,1-2H3. The van der Waals surface area contributed by atoms with Crippen LogP contribution in [-0.2, 0) is 0 Å². The fourth-order valence-corrected chi connectivity index (χ4v) is 2.53. The van der Waals surface area contributed by atoms with Crippen LogP contribution in [-0.4, -0.2) is 12.1 Å². The summed E-state index contributed by atoms with van der Waals surface area (Å²) in [7, 11) is 1.65. The van der Waals surface area contributed by atoms with Crippen LogP contribution in [0.3, 0.4) is 0 Å². The topological polar surface area (TPSA) is 22.1 Å². The summed E-state index contributed by atoms with van der Waals surface area (Å²) >= 11 is 0. The Morgan fingerprint density at radius 2 is 1.33 bits per heavy atom. The smallest absolute Gasteiger partial charge is 0.222 e. The largest absolute Gasteiger partial charge is 0.481 e. The minimum Gasteiger partial charge on any atom is -0.481 e. The molecule has 0 saturated heterocycles. The molecule has 0 unspecified atom stereocenters. The first kappa shape index (κ1) is 13.4. The van der Waals surface area contributed by atoms with Crippen molar-refractivity contribution in [1.82, 2.24) is 4.98 Å². The van der Waals surface area contributed by atoms with E-state index in [-0.39, 0.29) is 0 Å². The van der Waals surface area contributed by atoms with Crippen molar-refractivity contribution in [3.8, 4) is 28.1 Å². The Morgan fingerprint density at radius 1 is 0.810 bits per heavy atom. The van der Waals surface area contributed by atoms with Gasteiger partial charge in [-0.25, -0.2) is 4.98 Å². The molecule has 0 spiro atoms. The van der Waals surface area contributed by atoms with Crippen LogP contribution < -0.4 is 4.74 Å². The summed E-state index contributed by atoms with van der Waals surface area (Å²) in [5, 5.41) is 0. The summed E-state index contributed by atoms with van der Waals surface area (Å²) in [5.41, 5.74) is 5.39. The van der Waals surface area contributed by atoms with Gasteiger partial charge in [0.05, 0.1) is 18.9 Å². The monoisotopic (exact) mass is 274 g/mol. The lowest BCUT2D eigenvalue weighted by atomic mass is 9.93. The number of methoxy groups -OCH3 is 1. The van der Waals surface area contributed by atoms with Gasteiger partial charge >= 0.3 is 0 Å². The zero-order valence-electron chi connectivity index (χ0n) is 12.1. The van der Waals surface area contributed by atoms with Crippen molar-refractivity contribution in [2.45, 2.75) is 6.92 Å². The average molecular weight is 274 g/mol. The summed E-state index contributed by atoms with van der Waals surface area (Å²) in [6.45, 7) is 2.03. The van der Waals surface area contributed by atoms with Gasteiger partial charge in [-0.3, -0.25) is 0 Å². The number of benzene rings is 2. The van der Waals surface area contributed by atoms with Crippen molar-refractivity contribution in [1.29, 1.82) is 0 Å². The van der Waals surface area contributed by atoms with Gasteiger partial charge in [0.25, 0.3) is 0 Å². The highest BCUT2D eigenvalue weighted by Crippen LogP contribution is 2.39. The van der Waals surface area contributed by atoms with Crippen LogP contribution in [0.25, 0.3) is 22.3 Å². The summed E-state index contributed by atoms with van der Waals surface area (Å²) in [6, 6.07) is 20.5. The first-order valence-electron chi connectivity index (χ1n) is 6.88. The first-order chi connectivity index (χ1) is 10.3. The third-order valence-corrected chi connectivity index (χ3v) is 3.48. The first-order valence-corrected chi connectivity index (χ1v) is 6.88. The van der Waals surface area contributed by atoms with Gasteiger partial charge < -0.3 is 4.74 Å². The minimum absolute atomic E-state index is 0.602. The third kappa shape index (κ3) is 2.52. The fraction of sp³-hybridized carbons (Fsp3) is 0.105. The van der Waals surface area contributed by atoms with Crippen molar-refractivity contribution in [2.75, 3.05) is 7.11 Å². The van der Waals surface area contributed by atoms with E-state index in [2.05, 4.69) is 35.4 Å². The molecule has 2 aromatic carbocycles. The molecule has 0 N–H and O–H groups in total. The molecule has 1 heterocycles. The van der Waals surface area contributed by atoms with Crippen LogP contribution >= 0.6 is 0 Å². The molecule has 2 nitrogen and oxygen atoms in total. The molecule has 0 saturated carbocycles. The van der Waals surface area contributed by atoms with Gasteiger partial charge in [0.15, 0.2) is 0 Å². The van der Waals surface area contributed by atoms with E-state index in [1.165, 1.54) is 0 Å². The molecule has 0 atom stereocenters. The molecule has 0 amide bonds. The summed E-state index contributed by atoms with van der Waals surface area (Å²) < 4.78 is 5.47. The molecule has 0 aliphatic heterocycles. The van der Waals surface area contributed by atoms with E-state index in [1.54, 1.807) is 7.11 Å². The van der Waals surface area contributed by atoms with E-state index in [1.807, 2.05) is 43.3 Å². The van der Waals surface area contributed by atoms with E-state index >= 15 is 0 Å². The molecule has 1 aromatic heterocycles. The second-order valence-corrected chi connectivity index (χ2v) is 4.84. The normalized spacial score (nSPS) is 10.4. The highest BCUT2D eigenvalue weighted by molar-refractivity contribution is 5.88. The maximum Gasteiger partial charge on any atom is 0.222 e. The van der Waals surface area contributed by atoms with E-state index < -0.39 is 0 Å². The average Bonchev–Trinajstić information content (AvgIpc) is 2.56. The molecule has 103 valence electrons. The molecule has 0 aliphatic rings. The lowest BCUT2D eigenvalue weighted by Crippen LogP contribution is -1.97. The zero-order valence-corrected chi connectivity index (χ0v) is 12.1. The summed E-state index contributed by atoms with van der Waals surface area (Å²) in [4.78, 5) is 4.31. The Labute approximate surface area is 125 Å². The predicted octanol–water partition coefficient (Wildman–Crippen LogP) is 4.53. The number of pyridine rings is 1. The molecule has 0 fully saturated rings. The lowest BCUT2D eigenvalue weighted by Gasteiger charge is -2.15. The minimum atomic E-state index is 0.602. The van der Waals surface area contributed by atoms with E-state index in [0.717, 1.165) is 27.8 Å². The van der Waals surface area contributed by atoms with Crippen molar-refractivity contribution in [3.63, 3.8) is 0 Å². The van der Waals surface area contributed by atoms with Crippen LogP contribution in [0, 0.1) is 13.1 Å². The summed E-state index contributed by atoms with van der Waals surface area (Å²) in [6.07, 6.45) is 3.05. The molecule has 21 heavy (non-hydrogen) atoms. The van der Waals surface area contributed by atoms with Crippen LogP contribution in [0.2, 0.25) is 0 Å². The predicted molar refractivity (Wildman–Crippen MR) is 85.2 cm³/mol. The number of nitrogens with zero attached hydrogens (tertiary/aromatic N) is 1.